The second-order valence-electron chi connectivity index (χ2n) is 6.30. The Kier molecular flexibility index (Phi) is 10.6. The molecule has 0 aliphatic heterocycles. The summed E-state index contributed by atoms with van der Waals surface area (Å²) in [5.74, 6) is -1.02. The number of hydrogen-bond donors (Lipinski definition) is 4. The van der Waals surface area contributed by atoms with Gasteiger partial charge in [0.2, 0.25) is 11.8 Å². The second kappa shape index (κ2) is 11.2. The minimum absolute atomic E-state index is 0.0146. The molecule has 6 N–H and O–H groups in total. The number of amides is 2. The van der Waals surface area contributed by atoms with E-state index in [9.17, 15) is 24.2 Å². The largest absolute Gasteiger partial charge is 0.471 e. The maximum Gasteiger partial charge on any atom is 0.471 e. The van der Waals surface area contributed by atoms with Crippen LogP contribution in [0.25, 0.3) is 0 Å². The van der Waals surface area contributed by atoms with Crippen LogP contribution >= 0.6 is 7.82 Å². The van der Waals surface area contributed by atoms with E-state index in [1.165, 1.54) is 13.8 Å². The Morgan fingerprint density at radius 3 is 2.38 bits per heavy atom. The lowest BCUT2D eigenvalue weighted by Gasteiger charge is -2.29. The van der Waals surface area contributed by atoms with Crippen molar-refractivity contribution in [1.82, 2.24) is 10.6 Å². The Hall–Kier alpha value is -1.52. The van der Waals surface area contributed by atoms with E-state index in [0.29, 0.717) is 18.7 Å². The molecule has 0 aromatic rings. The number of nitrogens with zero attached hydrogens (tertiary/aromatic N) is 1. The fraction of sp³-hybridized carbons (Fsp3) is 0.786. The van der Waals surface area contributed by atoms with Gasteiger partial charge in [0.05, 0.1) is 6.61 Å². The van der Waals surface area contributed by atoms with Gasteiger partial charge in [-0.05, 0) is 6.92 Å². The number of carbonyl (C=O) groups excluding carboxylic acids is 2. The van der Waals surface area contributed by atoms with Crippen LogP contribution in [0.2, 0.25) is 0 Å². The van der Waals surface area contributed by atoms with Gasteiger partial charge in [-0.3, -0.25) is 18.6 Å². The number of aliphatic hydroxyl groups excluding tert-OH is 1. The first-order valence-electron chi connectivity index (χ1n) is 7.90. The van der Waals surface area contributed by atoms with Crippen molar-refractivity contribution in [2.24, 2.45) is 10.6 Å². The number of phosphoric ester groups is 1. The quantitative estimate of drug-likeness (QED) is 0.145. The zero-order chi connectivity index (χ0) is 20.4. The van der Waals surface area contributed by atoms with Crippen LogP contribution in [-0.4, -0.2) is 65.6 Å². The van der Waals surface area contributed by atoms with E-state index in [0.717, 1.165) is 7.11 Å². The molecule has 0 spiro atoms. The third-order valence-corrected chi connectivity index (χ3v) is 4.39. The van der Waals surface area contributed by atoms with E-state index in [1.54, 1.807) is 6.92 Å². The first-order chi connectivity index (χ1) is 11.9. The van der Waals surface area contributed by atoms with E-state index in [-0.39, 0.29) is 25.5 Å². The fourth-order valence-electron chi connectivity index (χ4n) is 1.66. The van der Waals surface area contributed by atoms with Crippen molar-refractivity contribution in [3.8, 4) is 0 Å². The maximum atomic E-state index is 12.0. The molecule has 2 unspecified atom stereocenters. The third kappa shape index (κ3) is 9.83. The van der Waals surface area contributed by atoms with Crippen LogP contribution in [0.15, 0.2) is 5.16 Å². The van der Waals surface area contributed by atoms with Gasteiger partial charge in [0.25, 0.3) is 0 Å². The minimum atomic E-state index is -4.21. The molecule has 0 rings (SSSR count). The molecule has 0 aromatic carbocycles. The van der Waals surface area contributed by atoms with Gasteiger partial charge in [-0.2, -0.15) is 0 Å². The van der Waals surface area contributed by atoms with Gasteiger partial charge in [0.1, 0.15) is 11.8 Å². The molecule has 0 saturated carbocycles. The molecule has 11 nitrogen and oxygen atoms in total. The normalized spacial score (nSPS) is 15.8. The van der Waals surface area contributed by atoms with Crippen molar-refractivity contribution in [2.45, 2.75) is 39.7 Å². The third-order valence-electron chi connectivity index (χ3n) is 3.47. The summed E-state index contributed by atoms with van der Waals surface area (Å²) >= 11 is 0. The van der Waals surface area contributed by atoms with E-state index < -0.39 is 25.2 Å². The topological polar surface area (TPSA) is 169 Å². The van der Waals surface area contributed by atoms with Crippen LogP contribution < -0.4 is 10.6 Å². The number of aliphatic hydroxyl groups is 1. The zero-order valence-electron chi connectivity index (χ0n) is 15.4. The van der Waals surface area contributed by atoms with Crippen LogP contribution in [0.4, 0.5) is 0 Å². The molecule has 0 heterocycles. The summed E-state index contributed by atoms with van der Waals surface area (Å²) in [4.78, 5) is 32.8. The minimum Gasteiger partial charge on any atom is -0.469 e. The Labute approximate surface area is 152 Å². The molecule has 26 heavy (non-hydrogen) atoms. The van der Waals surface area contributed by atoms with Crippen LogP contribution in [-0.2, 0) is 23.2 Å². The average molecular weight is 398 g/mol. The summed E-state index contributed by atoms with van der Waals surface area (Å²) in [7, 11) is -3.21. The molecule has 0 saturated heterocycles. The zero-order valence-corrected chi connectivity index (χ0v) is 16.3. The van der Waals surface area contributed by atoms with Gasteiger partial charge in [-0.25, -0.2) is 4.57 Å². The molecule has 2 amide bonds. The van der Waals surface area contributed by atoms with Gasteiger partial charge in [-0.1, -0.05) is 13.8 Å². The summed E-state index contributed by atoms with van der Waals surface area (Å²) < 4.78 is 20.2. The number of hydrogen-bond acceptors (Lipinski definition) is 7. The Bertz CT molecular complexity index is 552. The van der Waals surface area contributed by atoms with Crippen LogP contribution in [0.1, 0.15) is 33.6 Å². The number of phosphoric acid groups is 1. The predicted octanol–water partition coefficient (Wildman–Crippen LogP) is -0.750. The smallest absolute Gasteiger partial charge is 0.469 e. The van der Waals surface area contributed by atoms with E-state index in [1.807, 2.05) is 0 Å². The van der Waals surface area contributed by atoms with Crippen molar-refractivity contribution in [3.05, 3.63) is 0 Å². The highest BCUT2D eigenvalue weighted by Crippen LogP contribution is 2.43. The van der Waals surface area contributed by atoms with Gasteiger partial charge in [0.15, 0.2) is 0 Å². The van der Waals surface area contributed by atoms with Gasteiger partial charge in [0, 0.05) is 43.6 Å². The molecule has 0 aliphatic rings. The standard InChI is InChI=1S/C14H28N3O8P/c1-10(17-21)5-7-15-11(18)6-8-16-13(20)12(19)14(2,3)9-25-26(22,23)24-4/h12,19,21H,5-9H2,1-4H3,(H,15,18)(H,16,20)(H,22,23)/p+1/b17-10+. The van der Waals surface area contributed by atoms with Crippen molar-refractivity contribution in [2.75, 3.05) is 26.8 Å². The molecule has 0 fully saturated rings. The van der Waals surface area contributed by atoms with E-state index >= 15 is 0 Å². The monoisotopic (exact) mass is 398 g/mol. The SMILES string of the molecule is COP(=O)(O)OCC(C)(C)C(O)C(=O)NCCC(=O)NCC/C(C)=N/[OH2+]. The summed E-state index contributed by atoms with van der Waals surface area (Å²) in [6, 6.07) is 0. The maximum absolute atomic E-state index is 12.0. The summed E-state index contributed by atoms with van der Waals surface area (Å²) in [6.07, 6.45) is -1.04. The Balaban J connectivity index is 4.25. The summed E-state index contributed by atoms with van der Waals surface area (Å²) in [6.45, 7) is 4.61. The van der Waals surface area contributed by atoms with Gasteiger partial charge >= 0.3 is 7.82 Å². The Morgan fingerprint density at radius 2 is 1.85 bits per heavy atom. The first kappa shape index (κ1) is 24.5. The van der Waals surface area contributed by atoms with Crippen molar-refractivity contribution in [1.29, 1.82) is 0 Å². The number of rotatable bonds is 12. The summed E-state index contributed by atoms with van der Waals surface area (Å²) in [5.41, 5.74) is -0.566. The van der Waals surface area contributed by atoms with Crippen LogP contribution in [0, 0.1) is 5.41 Å². The molecular formula is C14H29N3O8P+. The molecular weight excluding hydrogens is 369 g/mol. The number of carbonyl (C=O) groups is 2. The van der Waals surface area contributed by atoms with E-state index in [4.69, 9.17) is 9.73 Å². The summed E-state index contributed by atoms with van der Waals surface area (Å²) in [5, 5.41) is 25.1. The highest BCUT2D eigenvalue weighted by Gasteiger charge is 2.36. The predicted molar refractivity (Wildman–Crippen MR) is 94.6 cm³/mol. The highest BCUT2D eigenvalue weighted by molar-refractivity contribution is 7.47. The average Bonchev–Trinajstić information content (AvgIpc) is 2.59. The molecule has 2 atom stereocenters. The molecule has 0 bridgehead atoms. The molecule has 0 radical (unpaired) electrons. The van der Waals surface area contributed by atoms with E-state index in [2.05, 4.69) is 20.3 Å². The number of nitrogens with one attached hydrogen (secondary N) is 2. The van der Waals surface area contributed by atoms with Crippen LogP contribution in [0.5, 0.6) is 0 Å². The fourth-order valence-corrected chi connectivity index (χ4v) is 2.26. The molecule has 0 aliphatic carbocycles. The lowest BCUT2D eigenvalue weighted by atomic mass is 9.87. The lowest BCUT2D eigenvalue weighted by molar-refractivity contribution is -0.137. The van der Waals surface area contributed by atoms with Crippen LogP contribution in [0.3, 0.4) is 0 Å². The van der Waals surface area contributed by atoms with Gasteiger partial charge in [-0.15, -0.1) is 0 Å². The van der Waals surface area contributed by atoms with Crippen molar-refractivity contribution in [3.63, 3.8) is 0 Å². The molecule has 152 valence electrons. The molecule has 12 heteroatoms. The first-order valence-corrected chi connectivity index (χ1v) is 9.40. The Morgan fingerprint density at radius 1 is 1.27 bits per heavy atom. The molecule has 0 aromatic heterocycles. The van der Waals surface area contributed by atoms with Crippen molar-refractivity contribution >= 4 is 25.3 Å². The lowest BCUT2D eigenvalue weighted by Crippen LogP contribution is -2.46. The van der Waals surface area contributed by atoms with Gasteiger partial charge < -0.3 is 25.8 Å². The highest BCUT2D eigenvalue weighted by atomic mass is 31.2. The second-order valence-corrected chi connectivity index (χ2v) is 7.86. The van der Waals surface area contributed by atoms with Crippen molar-refractivity contribution < 1.29 is 38.4 Å².